The van der Waals surface area contributed by atoms with Crippen LogP contribution in [-0.4, -0.2) is 23.8 Å². The second-order valence-electron chi connectivity index (χ2n) is 6.49. The molecule has 1 unspecified atom stereocenters. The third kappa shape index (κ3) is 2.73. The number of nitrogens with two attached hydrogens (primary N) is 1. The number of rotatable bonds is 3. The Labute approximate surface area is 146 Å². The lowest BCUT2D eigenvalue weighted by molar-refractivity contribution is -0.000309. The Kier molecular flexibility index (Phi) is 3.86. The first-order valence-corrected chi connectivity index (χ1v) is 8.45. The molecule has 4 N–H and O–H groups in total. The number of hydrogen-bond acceptors (Lipinski definition) is 5. The number of carbonyl (C=O) groups is 1. The summed E-state index contributed by atoms with van der Waals surface area (Å²) in [5, 5.41) is 12.4. The molecule has 0 saturated heterocycles. The van der Waals surface area contributed by atoms with Crippen LogP contribution in [0.2, 0.25) is 0 Å². The zero-order valence-corrected chi connectivity index (χ0v) is 14.0. The average Bonchev–Trinajstić information content (AvgIpc) is 2.60. The number of carbonyl (C=O) groups excluding carboxylic acids is 1. The topological polar surface area (TPSA) is 87.8 Å². The van der Waals surface area contributed by atoms with Crippen LogP contribution in [0.4, 0.5) is 5.69 Å². The summed E-state index contributed by atoms with van der Waals surface area (Å²) >= 11 is 0. The normalized spacial score (nSPS) is 22.8. The second-order valence-corrected chi connectivity index (χ2v) is 6.49. The fourth-order valence-electron chi connectivity index (χ4n) is 3.64. The molecule has 130 valence electrons. The van der Waals surface area contributed by atoms with Crippen molar-refractivity contribution in [3.05, 3.63) is 59.2 Å². The molecular formula is C19H21N3O3. The van der Waals surface area contributed by atoms with E-state index in [0.717, 1.165) is 29.8 Å². The summed E-state index contributed by atoms with van der Waals surface area (Å²) in [7, 11) is 0. The minimum Gasteiger partial charge on any atom is -0.465 e. The number of anilines is 1. The zero-order valence-electron chi connectivity index (χ0n) is 14.0. The number of aliphatic hydroxyl groups excluding tert-OH is 1. The van der Waals surface area contributed by atoms with E-state index in [2.05, 4.69) is 10.2 Å². The van der Waals surface area contributed by atoms with Crippen LogP contribution in [0, 0.1) is 0 Å². The van der Waals surface area contributed by atoms with Crippen molar-refractivity contribution in [2.45, 2.75) is 31.8 Å². The molecule has 0 fully saturated rings. The van der Waals surface area contributed by atoms with Crippen LogP contribution < -0.4 is 20.7 Å². The highest BCUT2D eigenvalue weighted by Gasteiger charge is 2.37. The van der Waals surface area contributed by atoms with E-state index in [1.807, 2.05) is 30.3 Å². The van der Waals surface area contributed by atoms with Crippen LogP contribution in [0.5, 0.6) is 5.75 Å². The maximum absolute atomic E-state index is 12.6. The van der Waals surface area contributed by atoms with E-state index in [0.29, 0.717) is 11.3 Å². The lowest BCUT2D eigenvalue weighted by Crippen LogP contribution is -2.49. The minimum atomic E-state index is -0.863. The summed E-state index contributed by atoms with van der Waals surface area (Å²) in [5.41, 5.74) is 9.86. The van der Waals surface area contributed by atoms with E-state index in [9.17, 15) is 9.90 Å². The van der Waals surface area contributed by atoms with Gasteiger partial charge in [0.25, 0.3) is 5.91 Å². The third-order valence-electron chi connectivity index (χ3n) is 4.76. The predicted molar refractivity (Wildman–Crippen MR) is 94.3 cm³/mol. The Hall–Kier alpha value is -2.57. The molecule has 0 radical (unpaired) electrons. The van der Waals surface area contributed by atoms with Crippen LogP contribution in [-0.2, 0) is 0 Å². The van der Waals surface area contributed by atoms with Crippen LogP contribution >= 0.6 is 0 Å². The van der Waals surface area contributed by atoms with Gasteiger partial charge in [0.1, 0.15) is 11.9 Å². The first kappa shape index (κ1) is 15.9. The lowest BCUT2D eigenvalue weighted by atomic mass is 9.90. The molecule has 0 bridgehead atoms. The first-order chi connectivity index (χ1) is 12.0. The highest BCUT2D eigenvalue weighted by Crippen LogP contribution is 2.42. The maximum Gasteiger partial charge on any atom is 0.255 e. The van der Waals surface area contributed by atoms with Crippen LogP contribution in [0.3, 0.4) is 0 Å². The standard InChI is InChI=1S/C19H21N3O3/c1-11(23)25-13-7-5-12(6-8-13)18-21-19(24)15-4-2-3-14-16(20)9-10-22(18)17(14)15/h2-8,11,16,18,23H,9-10,20H2,1H3,(H,21,24)/t11?,16-,18-/m1/s1. The Morgan fingerprint density at radius 1 is 1.28 bits per heavy atom. The number of para-hydroxylation sites is 1. The molecule has 2 aromatic carbocycles. The van der Waals surface area contributed by atoms with Crippen molar-refractivity contribution in [1.82, 2.24) is 5.32 Å². The van der Waals surface area contributed by atoms with Crippen LogP contribution in [0.25, 0.3) is 0 Å². The molecule has 3 atom stereocenters. The number of nitrogens with zero attached hydrogens (tertiary/aromatic N) is 1. The summed E-state index contributed by atoms with van der Waals surface area (Å²) in [6, 6.07) is 13.1. The summed E-state index contributed by atoms with van der Waals surface area (Å²) in [5.74, 6) is 0.499. The van der Waals surface area contributed by atoms with Crippen LogP contribution in [0.15, 0.2) is 42.5 Å². The van der Waals surface area contributed by atoms with Gasteiger partial charge in [0.15, 0.2) is 6.29 Å². The third-order valence-corrected chi connectivity index (χ3v) is 4.76. The smallest absolute Gasteiger partial charge is 0.255 e. The summed E-state index contributed by atoms with van der Waals surface area (Å²) in [6.45, 7) is 2.34. The van der Waals surface area contributed by atoms with Gasteiger partial charge in [-0.2, -0.15) is 0 Å². The monoisotopic (exact) mass is 339 g/mol. The quantitative estimate of drug-likeness (QED) is 0.745. The molecule has 0 aromatic heterocycles. The summed E-state index contributed by atoms with van der Waals surface area (Å²) in [4.78, 5) is 14.8. The van der Waals surface area contributed by atoms with Gasteiger partial charge in [0.05, 0.1) is 11.3 Å². The van der Waals surface area contributed by atoms with Gasteiger partial charge in [-0.1, -0.05) is 24.3 Å². The molecule has 1 amide bonds. The Morgan fingerprint density at radius 2 is 2.04 bits per heavy atom. The number of nitrogens with one attached hydrogen (secondary N) is 1. The molecular weight excluding hydrogens is 318 g/mol. The molecule has 4 rings (SSSR count). The van der Waals surface area contributed by atoms with E-state index < -0.39 is 6.29 Å². The largest absolute Gasteiger partial charge is 0.465 e. The number of aliphatic hydroxyl groups is 1. The SMILES string of the molecule is CC(O)Oc1ccc([C@@H]2NC(=O)c3cccc4c3N2CC[C@H]4N)cc1. The molecule has 2 heterocycles. The summed E-state index contributed by atoms with van der Waals surface area (Å²) < 4.78 is 5.27. The molecule has 6 heteroatoms. The van der Waals surface area contributed by atoms with E-state index in [-0.39, 0.29) is 18.1 Å². The molecule has 2 aliphatic rings. The maximum atomic E-state index is 12.6. The van der Waals surface area contributed by atoms with Crippen molar-refractivity contribution in [1.29, 1.82) is 0 Å². The zero-order chi connectivity index (χ0) is 17.6. The Morgan fingerprint density at radius 3 is 2.76 bits per heavy atom. The van der Waals surface area contributed by atoms with Gasteiger partial charge in [0.2, 0.25) is 0 Å². The van der Waals surface area contributed by atoms with E-state index >= 15 is 0 Å². The van der Waals surface area contributed by atoms with Gasteiger partial charge in [-0.05, 0) is 42.7 Å². The fraction of sp³-hybridized carbons (Fsp3) is 0.316. The van der Waals surface area contributed by atoms with Crippen molar-refractivity contribution >= 4 is 11.6 Å². The molecule has 0 saturated carbocycles. The first-order valence-electron chi connectivity index (χ1n) is 8.45. The molecule has 2 aromatic rings. The second kappa shape index (κ2) is 6.06. The lowest BCUT2D eigenvalue weighted by Gasteiger charge is -2.44. The summed E-state index contributed by atoms with van der Waals surface area (Å²) in [6.07, 6.45) is -0.265. The number of ether oxygens (including phenoxy) is 1. The molecule has 6 nitrogen and oxygen atoms in total. The number of hydrogen-bond donors (Lipinski definition) is 3. The molecule has 2 aliphatic heterocycles. The van der Waals surface area contributed by atoms with Gasteiger partial charge < -0.3 is 25.8 Å². The van der Waals surface area contributed by atoms with E-state index in [1.165, 1.54) is 0 Å². The molecule has 0 aliphatic carbocycles. The minimum absolute atomic E-state index is 0.0421. The van der Waals surface area contributed by atoms with Gasteiger partial charge in [-0.3, -0.25) is 4.79 Å². The van der Waals surface area contributed by atoms with Gasteiger partial charge >= 0.3 is 0 Å². The van der Waals surface area contributed by atoms with Crippen molar-refractivity contribution in [3.8, 4) is 5.75 Å². The highest BCUT2D eigenvalue weighted by molar-refractivity contribution is 6.03. The van der Waals surface area contributed by atoms with Gasteiger partial charge in [0, 0.05) is 12.6 Å². The average molecular weight is 339 g/mol. The number of benzene rings is 2. The Balaban J connectivity index is 1.71. The van der Waals surface area contributed by atoms with Crippen LogP contribution in [0.1, 0.15) is 47.0 Å². The highest BCUT2D eigenvalue weighted by atomic mass is 16.6. The fourth-order valence-corrected chi connectivity index (χ4v) is 3.64. The van der Waals surface area contributed by atoms with E-state index in [1.54, 1.807) is 19.1 Å². The Bertz CT molecular complexity index is 804. The molecule has 25 heavy (non-hydrogen) atoms. The molecule has 0 spiro atoms. The van der Waals surface area contributed by atoms with E-state index in [4.69, 9.17) is 10.5 Å². The van der Waals surface area contributed by atoms with Gasteiger partial charge in [-0.15, -0.1) is 0 Å². The van der Waals surface area contributed by atoms with Crippen molar-refractivity contribution < 1.29 is 14.6 Å². The van der Waals surface area contributed by atoms with Crippen molar-refractivity contribution in [3.63, 3.8) is 0 Å². The van der Waals surface area contributed by atoms with Gasteiger partial charge in [-0.25, -0.2) is 0 Å². The number of amides is 1. The van der Waals surface area contributed by atoms with Crippen molar-refractivity contribution in [2.75, 3.05) is 11.4 Å². The predicted octanol–water partition coefficient (Wildman–Crippen LogP) is 2.06. The van der Waals surface area contributed by atoms with Crippen molar-refractivity contribution in [2.24, 2.45) is 5.73 Å².